The minimum atomic E-state index is -0.861. The summed E-state index contributed by atoms with van der Waals surface area (Å²) in [5.41, 5.74) is 1.94. The highest BCUT2D eigenvalue weighted by Gasteiger charge is 2.34. The highest BCUT2D eigenvalue weighted by Crippen LogP contribution is 2.43. The van der Waals surface area contributed by atoms with Gasteiger partial charge in [-0.2, -0.15) is 0 Å². The Morgan fingerprint density at radius 2 is 1.92 bits per heavy atom. The fraction of sp³-hybridized carbons (Fsp3) is 0.278. The van der Waals surface area contributed by atoms with E-state index in [1.54, 1.807) is 19.3 Å². The molecule has 0 amide bonds. The molecular weight excluding hydrogens is 310 g/mol. The number of fused-ring (bicyclic) bond motifs is 1. The molecule has 24 heavy (non-hydrogen) atoms. The molecule has 126 valence electrons. The Bertz CT molecular complexity index is 746. The summed E-state index contributed by atoms with van der Waals surface area (Å²) in [7, 11) is 3.17. The van der Waals surface area contributed by atoms with Gasteiger partial charge in [0.25, 0.3) is 0 Å². The van der Waals surface area contributed by atoms with Gasteiger partial charge in [0, 0.05) is 12.1 Å². The van der Waals surface area contributed by atoms with Gasteiger partial charge in [-0.25, -0.2) is 0 Å². The molecule has 0 aromatic heterocycles. The molecule has 3 rings (SSSR count). The average molecular weight is 329 g/mol. The summed E-state index contributed by atoms with van der Waals surface area (Å²) in [6.07, 6.45) is -0.00220. The summed E-state index contributed by atoms with van der Waals surface area (Å²) >= 11 is 0. The van der Waals surface area contributed by atoms with Gasteiger partial charge in [0.05, 0.1) is 26.7 Å². The van der Waals surface area contributed by atoms with Crippen LogP contribution in [0.25, 0.3) is 0 Å². The van der Waals surface area contributed by atoms with Crippen molar-refractivity contribution in [1.82, 2.24) is 5.06 Å². The van der Waals surface area contributed by atoms with Crippen LogP contribution in [0.4, 0.5) is 0 Å². The Labute approximate surface area is 140 Å². The number of aliphatic carboxylic acids is 1. The van der Waals surface area contributed by atoms with Crippen molar-refractivity contribution in [2.24, 2.45) is 0 Å². The van der Waals surface area contributed by atoms with Crippen LogP contribution in [0.3, 0.4) is 0 Å². The van der Waals surface area contributed by atoms with Crippen molar-refractivity contribution in [3.63, 3.8) is 0 Å². The Balaban J connectivity index is 1.99. The van der Waals surface area contributed by atoms with Gasteiger partial charge in [-0.3, -0.25) is 4.79 Å². The highest BCUT2D eigenvalue weighted by atomic mass is 16.7. The second kappa shape index (κ2) is 6.80. The predicted molar refractivity (Wildman–Crippen MR) is 87.4 cm³/mol. The number of methoxy groups -OCH3 is 2. The molecular formula is C18H19NO5. The van der Waals surface area contributed by atoms with Crippen LogP contribution in [-0.2, 0) is 4.79 Å². The molecule has 0 aliphatic carbocycles. The first-order valence-electron chi connectivity index (χ1n) is 7.61. The van der Waals surface area contributed by atoms with Crippen LogP contribution in [0.1, 0.15) is 23.6 Å². The Morgan fingerprint density at radius 3 is 2.62 bits per heavy atom. The average Bonchev–Trinajstić information content (AvgIpc) is 2.97. The SMILES string of the molecule is COc1ccc(C2c3ccccc3ON2CCC(=O)O)cc1OC. The van der Waals surface area contributed by atoms with Gasteiger partial charge in [0.1, 0.15) is 0 Å². The van der Waals surface area contributed by atoms with E-state index >= 15 is 0 Å². The lowest BCUT2D eigenvalue weighted by Gasteiger charge is -2.23. The third-order valence-corrected chi connectivity index (χ3v) is 3.99. The van der Waals surface area contributed by atoms with E-state index in [2.05, 4.69) is 0 Å². The molecule has 0 bridgehead atoms. The zero-order valence-electron chi connectivity index (χ0n) is 13.6. The molecule has 6 heteroatoms. The second-order valence-corrected chi connectivity index (χ2v) is 5.43. The van der Waals surface area contributed by atoms with E-state index in [1.165, 1.54) is 0 Å². The monoisotopic (exact) mass is 329 g/mol. The lowest BCUT2D eigenvalue weighted by Crippen LogP contribution is -2.29. The Morgan fingerprint density at radius 1 is 1.17 bits per heavy atom. The van der Waals surface area contributed by atoms with Crippen molar-refractivity contribution in [1.29, 1.82) is 0 Å². The molecule has 1 atom stereocenters. The normalized spacial score (nSPS) is 16.3. The second-order valence-electron chi connectivity index (χ2n) is 5.43. The molecule has 2 aromatic rings. The molecule has 0 spiro atoms. The maximum atomic E-state index is 10.9. The van der Waals surface area contributed by atoms with Crippen LogP contribution in [0.15, 0.2) is 42.5 Å². The smallest absolute Gasteiger partial charge is 0.304 e. The number of hydrogen-bond donors (Lipinski definition) is 1. The molecule has 6 nitrogen and oxygen atoms in total. The number of rotatable bonds is 6. The molecule has 1 N–H and O–H groups in total. The van der Waals surface area contributed by atoms with Crippen molar-refractivity contribution in [2.75, 3.05) is 20.8 Å². The van der Waals surface area contributed by atoms with Gasteiger partial charge in [-0.05, 0) is 23.8 Å². The summed E-state index contributed by atoms with van der Waals surface area (Å²) in [6.45, 7) is 0.281. The fourth-order valence-corrected chi connectivity index (χ4v) is 2.87. The zero-order chi connectivity index (χ0) is 17.1. The molecule has 0 saturated heterocycles. The first-order valence-corrected chi connectivity index (χ1v) is 7.61. The van der Waals surface area contributed by atoms with Crippen molar-refractivity contribution >= 4 is 5.97 Å². The number of carbonyl (C=O) groups is 1. The predicted octanol–water partition coefficient (Wildman–Crippen LogP) is 2.88. The van der Waals surface area contributed by atoms with Crippen molar-refractivity contribution in [3.8, 4) is 17.2 Å². The number of carboxylic acids is 1. The quantitative estimate of drug-likeness (QED) is 0.879. The van der Waals surface area contributed by atoms with E-state index in [1.807, 2.05) is 42.5 Å². The summed E-state index contributed by atoms with van der Waals surface area (Å²) in [6, 6.07) is 13.2. The van der Waals surface area contributed by atoms with Gasteiger partial charge in [-0.15, -0.1) is 5.06 Å². The third kappa shape index (κ3) is 3.00. The molecule has 0 radical (unpaired) electrons. The summed E-state index contributed by atoms with van der Waals surface area (Å²) in [5, 5.41) is 10.7. The van der Waals surface area contributed by atoms with Crippen LogP contribution < -0.4 is 14.3 Å². The number of para-hydroxylation sites is 1. The van der Waals surface area contributed by atoms with Gasteiger partial charge >= 0.3 is 5.97 Å². The number of carboxylic acid groups (broad SMARTS) is 1. The first-order chi connectivity index (χ1) is 11.6. The number of hydrogen-bond acceptors (Lipinski definition) is 5. The Hall–Kier alpha value is -2.73. The number of nitrogens with zero attached hydrogens (tertiary/aromatic N) is 1. The Kier molecular flexibility index (Phi) is 4.57. The van der Waals surface area contributed by atoms with Crippen LogP contribution in [0, 0.1) is 0 Å². The van der Waals surface area contributed by atoms with Crippen molar-refractivity contribution in [3.05, 3.63) is 53.6 Å². The van der Waals surface area contributed by atoms with E-state index in [4.69, 9.17) is 19.4 Å². The van der Waals surface area contributed by atoms with E-state index in [0.717, 1.165) is 16.9 Å². The van der Waals surface area contributed by atoms with Gasteiger partial charge in [-0.1, -0.05) is 24.3 Å². The highest BCUT2D eigenvalue weighted by molar-refractivity contribution is 5.67. The van der Waals surface area contributed by atoms with E-state index in [-0.39, 0.29) is 19.0 Å². The van der Waals surface area contributed by atoms with E-state index < -0.39 is 5.97 Å². The summed E-state index contributed by atoms with van der Waals surface area (Å²) in [5.74, 6) is 1.14. The fourth-order valence-electron chi connectivity index (χ4n) is 2.87. The molecule has 0 saturated carbocycles. The van der Waals surface area contributed by atoms with Gasteiger partial charge < -0.3 is 19.4 Å². The van der Waals surface area contributed by atoms with Crippen LogP contribution in [0.2, 0.25) is 0 Å². The molecule has 2 aromatic carbocycles. The van der Waals surface area contributed by atoms with Crippen LogP contribution in [0.5, 0.6) is 17.2 Å². The van der Waals surface area contributed by atoms with Crippen LogP contribution >= 0.6 is 0 Å². The third-order valence-electron chi connectivity index (χ3n) is 3.99. The van der Waals surface area contributed by atoms with E-state index in [9.17, 15) is 4.79 Å². The maximum absolute atomic E-state index is 10.9. The van der Waals surface area contributed by atoms with Crippen LogP contribution in [-0.4, -0.2) is 36.9 Å². The maximum Gasteiger partial charge on any atom is 0.304 e. The standard InChI is InChI=1S/C18H19NO5/c1-22-15-8-7-12(11-16(15)23-2)18-13-5-3-4-6-14(13)24-19(18)10-9-17(20)21/h3-8,11,18H,9-10H2,1-2H3,(H,20,21). The van der Waals surface area contributed by atoms with E-state index in [0.29, 0.717) is 11.5 Å². The minimum Gasteiger partial charge on any atom is -0.493 e. The molecule has 1 unspecified atom stereocenters. The summed E-state index contributed by atoms with van der Waals surface area (Å²) < 4.78 is 10.7. The number of benzene rings is 2. The number of ether oxygens (including phenoxy) is 2. The molecule has 1 heterocycles. The van der Waals surface area contributed by atoms with Gasteiger partial charge in [0.2, 0.25) is 0 Å². The molecule has 0 fully saturated rings. The van der Waals surface area contributed by atoms with Crippen molar-refractivity contribution in [2.45, 2.75) is 12.5 Å². The lowest BCUT2D eigenvalue weighted by atomic mass is 9.98. The lowest BCUT2D eigenvalue weighted by molar-refractivity contribution is -0.140. The molecule has 1 aliphatic heterocycles. The molecule has 1 aliphatic rings. The first kappa shape index (κ1) is 16.1. The number of hydroxylamine groups is 2. The van der Waals surface area contributed by atoms with Crippen molar-refractivity contribution < 1.29 is 24.2 Å². The minimum absolute atomic E-state index is 0.00220. The summed E-state index contributed by atoms with van der Waals surface area (Å²) in [4.78, 5) is 16.8. The van der Waals surface area contributed by atoms with Gasteiger partial charge in [0.15, 0.2) is 17.2 Å². The topological polar surface area (TPSA) is 68.2 Å². The zero-order valence-corrected chi connectivity index (χ0v) is 13.6. The largest absolute Gasteiger partial charge is 0.493 e.